The molecule has 2 atom stereocenters. The first kappa shape index (κ1) is 22.0. The number of amides is 2. The molecule has 10 heteroatoms. The number of thiocarbonyl (C=S) groups is 1. The summed E-state index contributed by atoms with van der Waals surface area (Å²) in [6.07, 6.45) is 1.53. The lowest BCUT2D eigenvalue weighted by Gasteiger charge is -2.36. The predicted molar refractivity (Wildman–Crippen MR) is 111 cm³/mol. The van der Waals surface area contributed by atoms with Gasteiger partial charge in [0.1, 0.15) is 18.4 Å². The Hall–Kier alpha value is -2.72. The number of methoxy groups -OCH3 is 1. The summed E-state index contributed by atoms with van der Waals surface area (Å²) in [5, 5.41) is 5.41. The van der Waals surface area contributed by atoms with Crippen molar-refractivity contribution < 1.29 is 28.6 Å². The van der Waals surface area contributed by atoms with Gasteiger partial charge < -0.3 is 24.4 Å². The summed E-state index contributed by atoms with van der Waals surface area (Å²) in [5.74, 6) is -0.910. The van der Waals surface area contributed by atoms with Crippen LogP contribution in [0.1, 0.15) is 29.6 Å². The Labute approximate surface area is 180 Å². The van der Waals surface area contributed by atoms with Gasteiger partial charge in [-0.1, -0.05) is 12.1 Å². The standard InChI is InChI=1S/C20H25N3O6S/c1-27-16-7-3-2-6-14(16)18(25)22-20(30)23-9-8-21-19(26)15(23)11-17(24)29-12-13-5-4-10-28-13/h2-3,6-7,13,15H,4-5,8-12H2,1H3,(H,21,26)(H,22,25,30)/t13-,15+/m1/s1. The van der Waals surface area contributed by atoms with Gasteiger partial charge in [0.2, 0.25) is 5.91 Å². The minimum absolute atomic E-state index is 0.0673. The van der Waals surface area contributed by atoms with Crippen LogP contribution in [-0.4, -0.2) is 73.4 Å². The number of hydrogen-bond acceptors (Lipinski definition) is 7. The summed E-state index contributed by atoms with van der Waals surface area (Å²) in [4.78, 5) is 38.8. The lowest BCUT2D eigenvalue weighted by Crippen LogP contribution is -2.60. The highest BCUT2D eigenvalue weighted by molar-refractivity contribution is 7.80. The van der Waals surface area contributed by atoms with E-state index in [0.717, 1.165) is 12.8 Å². The van der Waals surface area contributed by atoms with E-state index in [2.05, 4.69) is 10.6 Å². The molecule has 2 aliphatic heterocycles. The third kappa shape index (κ3) is 5.45. The Morgan fingerprint density at radius 2 is 2.17 bits per heavy atom. The van der Waals surface area contributed by atoms with Crippen LogP contribution < -0.4 is 15.4 Å². The lowest BCUT2D eigenvalue weighted by molar-refractivity contribution is -0.150. The number of nitrogens with zero attached hydrogens (tertiary/aromatic N) is 1. The summed E-state index contributed by atoms with van der Waals surface area (Å²) in [5.41, 5.74) is 0.316. The third-order valence-electron chi connectivity index (χ3n) is 4.98. The second kappa shape index (κ2) is 10.4. The normalized spacial score (nSPS) is 21.0. The molecule has 2 N–H and O–H groups in total. The molecule has 2 aliphatic rings. The molecule has 2 heterocycles. The molecule has 2 amide bonds. The summed E-state index contributed by atoms with van der Waals surface area (Å²) in [6, 6.07) is 5.88. The fourth-order valence-electron chi connectivity index (χ4n) is 3.41. The molecular formula is C20H25N3O6S. The number of hydrogen-bond donors (Lipinski definition) is 2. The molecule has 0 aliphatic carbocycles. The molecule has 0 saturated carbocycles. The van der Waals surface area contributed by atoms with Crippen LogP contribution in [-0.2, 0) is 19.1 Å². The quantitative estimate of drug-likeness (QED) is 0.495. The summed E-state index contributed by atoms with van der Waals surface area (Å²) < 4.78 is 15.9. The molecule has 30 heavy (non-hydrogen) atoms. The minimum Gasteiger partial charge on any atom is -0.496 e. The Morgan fingerprint density at radius 3 is 2.90 bits per heavy atom. The Bertz CT molecular complexity index is 811. The van der Waals surface area contributed by atoms with E-state index >= 15 is 0 Å². The summed E-state index contributed by atoms with van der Waals surface area (Å²) >= 11 is 5.37. The summed E-state index contributed by atoms with van der Waals surface area (Å²) in [6.45, 7) is 1.55. The topological polar surface area (TPSA) is 106 Å². The van der Waals surface area contributed by atoms with Crippen molar-refractivity contribution in [3.63, 3.8) is 0 Å². The van der Waals surface area contributed by atoms with Crippen molar-refractivity contribution in [1.82, 2.24) is 15.5 Å². The van der Waals surface area contributed by atoms with Crippen LogP contribution in [0.5, 0.6) is 5.75 Å². The average Bonchev–Trinajstić information content (AvgIpc) is 3.27. The Kier molecular flexibility index (Phi) is 7.58. The van der Waals surface area contributed by atoms with Crippen LogP contribution in [0.4, 0.5) is 0 Å². The number of carbonyl (C=O) groups excluding carboxylic acids is 3. The van der Waals surface area contributed by atoms with Crippen LogP contribution in [0.25, 0.3) is 0 Å². The molecule has 1 aromatic carbocycles. The highest BCUT2D eigenvalue weighted by Crippen LogP contribution is 2.18. The van der Waals surface area contributed by atoms with Gasteiger partial charge in [0.05, 0.1) is 25.2 Å². The molecule has 0 aromatic heterocycles. The van der Waals surface area contributed by atoms with Gasteiger partial charge in [-0.15, -0.1) is 0 Å². The SMILES string of the molecule is COc1ccccc1C(=O)NC(=S)N1CCNC(=O)[C@@H]1CC(=O)OC[C@H]1CCCO1. The van der Waals surface area contributed by atoms with E-state index in [9.17, 15) is 14.4 Å². The Balaban J connectivity index is 1.61. The molecule has 9 nitrogen and oxygen atoms in total. The van der Waals surface area contributed by atoms with Crippen LogP contribution in [0, 0.1) is 0 Å². The fourth-order valence-corrected chi connectivity index (χ4v) is 3.72. The molecule has 0 bridgehead atoms. The molecule has 1 aromatic rings. The Morgan fingerprint density at radius 1 is 1.37 bits per heavy atom. The van der Waals surface area contributed by atoms with Crippen LogP contribution in [0.15, 0.2) is 24.3 Å². The number of benzene rings is 1. The van der Waals surface area contributed by atoms with Crippen LogP contribution in [0.2, 0.25) is 0 Å². The highest BCUT2D eigenvalue weighted by Gasteiger charge is 2.34. The van der Waals surface area contributed by atoms with Crippen molar-refractivity contribution in [2.24, 2.45) is 0 Å². The van der Waals surface area contributed by atoms with Gasteiger partial charge in [0.15, 0.2) is 5.11 Å². The zero-order valence-corrected chi connectivity index (χ0v) is 17.5. The number of esters is 1. The zero-order valence-electron chi connectivity index (χ0n) is 16.7. The lowest BCUT2D eigenvalue weighted by atomic mass is 10.1. The monoisotopic (exact) mass is 435 g/mol. The molecule has 2 saturated heterocycles. The first-order valence-corrected chi connectivity index (χ1v) is 10.2. The van der Waals surface area contributed by atoms with E-state index in [1.54, 1.807) is 24.3 Å². The molecular weight excluding hydrogens is 410 g/mol. The van der Waals surface area contributed by atoms with Gasteiger partial charge in [0, 0.05) is 19.7 Å². The average molecular weight is 436 g/mol. The zero-order chi connectivity index (χ0) is 21.5. The molecule has 2 fully saturated rings. The largest absolute Gasteiger partial charge is 0.496 e. The van der Waals surface area contributed by atoms with E-state index in [1.807, 2.05) is 0 Å². The van der Waals surface area contributed by atoms with E-state index < -0.39 is 17.9 Å². The maximum Gasteiger partial charge on any atom is 0.308 e. The van der Waals surface area contributed by atoms with E-state index in [-0.39, 0.29) is 30.2 Å². The number of piperazine rings is 1. The first-order valence-electron chi connectivity index (χ1n) is 9.79. The molecule has 3 rings (SSSR count). The third-order valence-corrected chi connectivity index (χ3v) is 5.31. The van der Waals surface area contributed by atoms with Crippen LogP contribution in [0.3, 0.4) is 0 Å². The van der Waals surface area contributed by atoms with Gasteiger partial charge in [0.25, 0.3) is 5.91 Å². The van der Waals surface area contributed by atoms with Crippen molar-refractivity contribution in [1.29, 1.82) is 0 Å². The number of rotatable bonds is 6. The van der Waals surface area contributed by atoms with Crippen molar-refractivity contribution in [3.8, 4) is 5.75 Å². The van der Waals surface area contributed by atoms with Gasteiger partial charge in [-0.2, -0.15) is 0 Å². The number of nitrogens with one attached hydrogen (secondary N) is 2. The van der Waals surface area contributed by atoms with Crippen LogP contribution >= 0.6 is 12.2 Å². The van der Waals surface area contributed by atoms with Gasteiger partial charge in [-0.25, -0.2) is 0 Å². The van der Waals surface area contributed by atoms with Crippen molar-refractivity contribution in [2.45, 2.75) is 31.4 Å². The number of carbonyl (C=O) groups is 3. The van der Waals surface area contributed by atoms with Crippen molar-refractivity contribution in [2.75, 3.05) is 33.4 Å². The molecule has 162 valence electrons. The minimum atomic E-state index is -0.860. The maximum absolute atomic E-state index is 12.6. The predicted octanol–water partition coefficient (Wildman–Crippen LogP) is 0.623. The van der Waals surface area contributed by atoms with Gasteiger partial charge in [-0.3, -0.25) is 19.7 Å². The fraction of sp³-hybridized carbons (Fsp3) is 0.500. The maximum atomic E-state index is 12.6. The molecule has 0 unspecified atom stereocenters. The molecule has 0 spiro atoms. The highest BCUT2D eigenvalue weighted by atomic mass is 32.1. The van der Waals surface area contributed by atoms with Gasteiger partial charge >= 0.3 is 5.97 Å². The van der Waals surface area contributed by atoms with E-state index in [4.69, 9.17) is 26.4 Å². The smallest absolute Gasteiger partial charge is 0.308 e. The number of para-hydroxylation sites is 1. The van der Waals surface area contributed by atoms with Crippen molar-refractivity contribution >= 4 is 35.1 Å². The van der Waals surface area contributed by atoms with Crippen molar-refractivity contribution in [3.05, 3.63) is 29.8 Å². The van der Waals surface area contributed by atoms with Gasteiger partial charge in [-0.05, 0) is 37.2 Å². The second-order valence-corrected chi connectivity index (χ2v) is 7.37. The second-order valence-electron chi connectivity index (χ2n) is 6.98. The first-order chi connectivity index (χ1) is 14.5. The number of ether oxygens (including phenoxy) is 3. The van der Waals surface area contributed by atoms with E-state index in [1.165, 1.54) is 12.0 Å². The van der Waals surface area contributed by atoms with E-state index in [0.29, 0.717) is 31.0 Å². The summed E-state index contributed by atoms with van der Waals surface area (Å²) in [7, 11) is 1.47. The molecule has 0 radical (unpaired) electrons.